The first kappa shape index (κ1) is 18.3. The van der Waals surface area contributed by atoms with Crippen molar-refractivity contribution in [3.05, 3.63) is 71.0 Å². The van der Waals surface area contributed by atoms with E-state index < -0.39 is 0 Å². The summed E-state index contributed by atoms with van der Waals surface area (Å²) < 4.78 is 2.02. The molecule has 0 aliphatic carbocycles. The Morgan fingerprint density at radius 3 is 2.58 bits per heavy atom. The van der Waals surface area contributed by atoms with Gasteiger partial charge in [0.25, 0.3) is 0 Å². The van der Waals surface area contributed by atoms with Gasteiger partial charge in [-0.1, -0.05) is 35.5 Å². The molecule has 4 nitrogen and oxygen atoms in total. The monoisotopic (exact) mass is 365 g/mol. The molecule has 0 bridgehead atoms. The molecule has 1 aromatic heterocycles. The van der Waals surface area contributed by atoms with E-state index in [2.05, 4.69) is 48.4 Å². The van der Waals surface area contributed by atoms with Crippen molar-refractivity contribution in [2.75, 3.05) is 11.1 Å². The van der Waals surface area contributed by atoms with Crippen molar-refractivity contribution in [2.24, 2.45) is 0 Å². The van der Waals surface area contributed by atoms with Crippen molar-refractivity contribution in [1.82, 2.24) is 9.55 Å². The fourth-order valence-corrected chi connectivity index (χ4v) is 3.51. The Kier molecular flexibility index (Phi) is 5.47. The number of aromatic nitrogens is 2. The normalized spacial score (nSPS) is 10.8. The third-order valence-corrected chi connectivity index (χ3v) is 5.33. The van der Waals surface area contributed by atoms with Crippen LogP contribution in [0, 0.1) is 27.7 Å². The average Bonchev–Trinajstić information content (AvgIpc) is 3.06. The molecule has 3 aromatic rings. The van der Waals surface area contributed by atoms with Crippen molar-refractivity contribution in [3.63, 3.8) is 0 Å². The minimum atomic E-state index is -0.0309. The fraction of sp³-hybridized carbons (Fsp3) is 0.238. The first-order valence-corrected chi connectivity index (χ1v) is 9.53. The number of carbonyl (C=O) groups excluding carboxylic acids is 1. The Labute approximate surface area is 158 Å². The van der Waals surface area contributed by atoms with Gasteiger partial charge in [-0.05, 0) is 62.6 Å². The highest BCUT2D eigenvalue weighted by molar-refractivity contribution is 7.99. The molecule has 0 saturated heterocycles. The molecule has 0 spiro atoms. The van der Waals surface area contributed by atoms with Crippen LogP contribution >= 0.6 is 11.8 Å². The molecule has 1 heterocycles. The molecule has 26 heavy (non-hydrogen) atoms. The number of imidazole rings is 1. The number of rotatable bonds is 5. The first-order valence-electron chi connectivity index (χ1n) is 8.55. The van der Waals surface area contributed by atoms with E-state index in [0.29, 0.717) is 5.75 Å². The summed E-state index contributed by atoms with van der Waals surface area (Å²) >= 11 is 1.43. The third kappa shape index (κ3) is 4.17. The van der Waals surface area contributed by atoms with E-state index in [9.17, 15) is 4.79 Å². The number of aryl methyl sites for hydroxylation is 4. The molecule has 1 N–H and O–H groups in total. The Hall–Kier alpha value is -2.53. The number of benzene rings is 2. The second-order valence-electron chi connectivity index (χ2n) is 6.50. The zero-order valence-electron chi connectivity index (χ0n) is 15.5. The molecule has 0 radical (unpaired) electrons. The van der Waals surface area contributed by atoms with E-state index in [-0.39, 0.29) is 5.91 Å². The highest BCUT2D eigenvalue weighted by atomic mass is 32.2. The fourth-order valence-electron chi connectivity index (χ4n) is 2.74. The zero-order chi connectivity index (χ0) is 18.7. The Bertz CT molecular complexity index is 946. The minimum Gasteiger partial charge on any atom is -0.325 e. The van der Waals surface area contributed by atoms with Gasteiger partial charge < -0.3 is 5.32 Å². The molecule has 0 unspecified atom stereocenters. The Morgan fingerprint density at radius 1 is 1.04 bits per heavy atom. The smallest absolute Gasteiger partial charge is 0.234 e. The molecular formula is C21H23N3OS. The number of nitrogens with zero attached hydrogens (tertiary/aromatic N) is 2. The number of thioether (sulfide) groups is 1. The van der Waals surface area contributed by atoms with Crippen LogP contribution in [0.1, 0.15) is 22.3 Å². The maximum atomic E-state index is 12.3. The topological polar surface area (TPSA) is 46.9 Å². The summed E-state index contributed by atoms with van der Waals surface area (Å²) in [7, 11) is 0. The molecule has 3 rings (SSSR count). The molecule has 5 heteroatoms. The van der Waals surface area contributed by atoms with Crippen molar-refractivity contribution in [3.8, 4) is 5.69 Å². The number of carbonyl (C=O) groups is 1. The summed E-state index contributed by atoms with van der Waals surface area (Å²) in [5.74, 6) is 0.284. The second-order valence-corrected chi connectivity index (χ2v) is 7.45. The van der Waals surface area contributed by atoms with Crippen LogP contribution < -0.4 is 5.32 Å². The molecule has 1 amide bonds. The van der Waals surface area contributed by atoms with Crippen LogP contribution in [0.2, 0.25) is 0 Å². The summed E-state index contributed by atoms with van der Waals surface area (Å²) in [5, 5.41) is 3.79. The lowest BCUT2D eigenvalue weighted by Crippen LogP contribution is -2.15. The molecule has 0 aliphatic rings. The number of hydrogen-bond donors (Lipinski definition) is 1. The van der Waals surface area contributed by atoms with Crippen LogP contribution in [0.4, 0.5) is 5.69 Å². The van der Waals surface area contributed by atoms with Gasteiger partial charge >= 0.3 is 0 Å². The Balaban J connectivity index is 1.68. The van der Waals surface area contributed by atoms with Crippen LogP contribution in [0.25, 0.3) is 5.69 Å². The molecular weight excluding hydrogens is 342 g/mol. The standard InChI is InChI=1S/C21H23N3OS/c1-14-5-8-19(17(4)11-14)23-20(25)13-26-21-22-9-10-24(21)18-7-6-15(2)16(3)12-18/h5-12H,13H2,1-4H3,(H,23,25). The van der Waals surface area contributed by atoms with Gasteiger partial charge in [-0.25, -0.2) is 4.98 Å². The van der Waals surface area contributed by atoms with E-state index in [4.69, 9.17) is 0 Å². The van der Waals surface area contributed by atoms with E-state index in [1.54, 1.807) is 6.20 Å². The van der Waals surface area contributed by atoms with E-state index >= 15 is 0 Å². The Morgan fingerprint density at radius 2 is 1.85 bits per heavy atom. The highest BCUT2D eigenvalue weighted by Gasteiger charge is 2.11. The van der Waals surface area contributed by atoms with Gasteiger partial charge in [0.2, 0.25) is 5.91 Å². The van der Waals surface area contributed by atoms with Gasteiger partial charge in [-0.15, -0.1) is 0 Å². The molecule has 2 aromatic carbocycles. The van der Waals surface area contributed by atoms with Crippen molar-refractivity contribution in [1.29, 1.82) is 0 Å². The maximum absolute atomic E-state index is 12.3. The van der Waals surface area contributed by atoms with Crippen LogP contribution in [-0.4, -0.2) is 21.2 Å². The van der Waals surface area contributed by atoms with E-state index in [1.165, 1.54) is 28.5 Å². The van der Waals surface area contributed by atoms with Gasteiger partial charge in [0, 0.05) is 23.8 Å². The van der Waals surface area contributed by atoms with Crippen LogP contribution in [0.5, 0.6) is 0 Å². The van der Waals surface area contributed by atoms with E-state index in [0.717, 1.165) is 22.1 Å². The molecule has 0 aliphatic heterocycles. The molecule has 0 saturated carbocycles. The number of hydrogen-bond acceptors (Lipinski definition) is 3. The SMILES string of the molecule is Cc1ccc(NC(=O)CSc2nccn2-c2ccc(C)c(C)c2)c(C)c1. The van der Waals surface area contributed by atoms with Crippen LogP contribution in [0.3, 0.4) is 0 Å². The van der Waals surface area contributed by atoms with Crippen molar-refractivity contribution in [2.45, 2.75) is 32.9 Å². The first-order chi connectivity index (χ1) is 12.4. The third-order valence-electron chi connectivity index (χ3n) is 4.36. The predicted molar refractivity (Wildman–Crippen MR) is 108 cm³/mol. The second kappa shape index (κ2) is 7.79. The van der Waals surface area contributed by atoms with Gasteiger partial charge in [0.15, 0.2) is 5.16 Å². The van der Waals surface area contributed by atoms with Gasteiger partial charge in [-0.3, -0.25) is 9.36 Å². The summed E-state index contributed by atoms with van der Waals surface area (Å²) in [5.41, 5.74) is 6.67. The highest BCUT2D eigenvalue weighted by Crippen LogP contribution is 2.23. The lowest BCUT2D eigenvalue weighted by molar-refractivity contribution is -0.113. The lowest BCUT2D eigenvalue weighted by Gasteiger charge is -2.11. The quantitative estimate of drug-likeness (QED) is 0.658. The summed E-state index contributed by atoms with van der Waals surface area (Å²) in [6.07, 6.45) is 3.69. The molecule has 0 fully saturated rings. The molecule has 0 atom stereocenters. The van der Waals surface area contributed by atoms with Crippen molar-refractivity contribution < 1.29 is 4.79 Å². The van der Waals surface area contributed by atoms with Gasteiger partial charge in [0.05, 0.1) is 5.75 Å². The zero-order valence-corrected chi connectivity index (χ0v) is 16.4. The predicted octanol–water partition coefficient (Wildman–Crippen LogP) is 4.84. The van der Waals surface area contributed by atoms with Crippen LogP contribution in [0.15, 0.2) is 53.9 Å². The lowest BCUT2D eigenvalue weighted by atomic mass is 10.1. The number of nitrogens with one attached hydrogen (secondary N) is 1. The number of anilines is 1. The maximum Gasteiger partial charge on any atom is 0.234 e. The number of amides is 1. The van der Waals surface area contributed by atoms with Gasteiger partial charge in [-0.2, -0.15) is 0 Å². The summed E-state index contributed by atoms with van der Waals surface area (Å²) in [6.45, 7) is 8.24. The van der Waals surface area contributed by atoms with E-state index in [1.807, 2.05) is 36.7 Å². The minimum absolute atomic E-state index is 0.0309. The molecule has 134 valence electrons. The van der Waals surface area contributed by atoms with Crippen molar-refractivity contribution >= 4 is 23.4 Å². The summed E-state index contributed by atoms with van der Waals surface area (Å²) in [4.78, 5) is 16.7. The average molecular weight is 366 g/mol. The summed E-state index contributed by atoms with van der Waals surface area (Å²) in [6, 6.07) is 12.3. The largest absolute Gasteiger partial charge is 0.325 e. The van der Waals surface area contributed by atoms with Gasteiger partial charge in [0.1, 0.15) is 0 Å². The van der Waals surface area contributed by atoms with Crippen LogP contribution in [-0.2, 0) is 4.79 Å².